The highest BCUT2D eigenvalue weighted by Crippen LogP contribution is 2.56. The fraction of sp³-hybridized carbons (Fsp3) is 0.595. The maximum absolute atomic E-state index is 15.4. The molecule has 0 amide bonds. The summed E-state index contributed by atoms with van der Waals surface area (Å²) in [6.45, 7) is 13.9. The van der Waals surface area contributed by atoms with Crippen LogP contribution in [0.25, 0.3) is 0 Å². The molecule has 7 rings (SSSR count). The van der Waals surface area contributed by atoms with Gasteiger partial charge in [0.15, 0.2) is 0 Å². The third-order valence-electron chi connectivity index (χ3n) is 11.8. The number of likely N-dealkylation sites (tertiary alicyclic amines) is 1. The van der Waals surface area contributed by atoms with E-state index in [1.165, 1.54) is 6.07 Å². The lowest BCUT2D eigenvalue weighted by atomic mass is 9.80. The van der Waals surface area contributed by atoms with E-state index in [0.717, 1.165) is 99.4 Å². The number of aryl methyl sites for hydroxylation is 2. The Balaban J connectivity index is 1.14. The van der Waals surface area contributed by atoms with Crippen LogP contribution in [0, 0.1) is 24.5 Å². The minimum absolute atomic E-state index is 0.0323. The van der Waals surface area contributed by atoms with Crippen LogP contribution in [0.4, 0.5) is 8.78 Å². The van der Waals surface area contributed by atoms with Gasteiger partial charge in [-0.25, -0.2) is 13.8 Å². The number of halogens is 3. The maximum Gasteiger partial charge on any atom is 0.138 e. The highest BCUT2D eigenvalue weighted by atomic mass is 35.5. The summed E-state index contributed by atoms with van der Waals surface area (Å²) in [7, 11) is 4.10. The van der Waals surface area contributed by atoms with Crippen LogP contribution in [0.5, 0.6) is 0 Å². The summed E-state index contributed by atoms with van der Waals surface area (Å²) < 4.78 is 44.0. The highest BCUT2D eigenvalue weighted by Gasteiger charge is 2.54. The number of benzene rings is 1. The van der Waals surface area contributed by atoms with E-state index >= 15 is 4.39 Å². The second-order valence-electron chi connectivity index (χ2n) is 14.9. The van der Waals surface area contributed by atoms with Crippen LogP contribution in [-0.4, -0.2) is 75.0 Å². The summed E-state index contributed by atoms with van der Waals surface area (Å²) >= 11 is 6.67. The lowest BCUT2D eigenvalue weighted by Gasteiger charge is -2.43. The number of hydrogen-bond acceptors (Lipinski definition) is 7. The third-order valence-corrected chi connectivity index (χ3v) is 12.2. The average Bonchev–Trinajstić information content (AvgIpc) is 3.79. The zero-order valence-electron chi connectivity index (χ0n) is 28.7. The van der Waals surface area contributed by atoms with Crippen molar-refractivity contribution in [3.63, 3.8) is 0 Å². The molecule has 2 unspecified atom stereocenters. The van der Waals surface area contributed by atoms with Crippen molar-refractivity contribution >= 4 is 11.6 Å². The van der Waals surface area contributed by atoms with Crippen LogP contribution in [0.1, 0.15) is 92.7 Å². The number of fused-ring (bicyclic) bond motifs is 2. The summed E-state index contributed by atoms with van der Waals surface area (Å²) in [5.74, 6) is -0.252. The van der Waals surface area contributed by atoms with E-state index in [9.17, 15) is 4.39 Å². The van der Waals surface area contributed by atoms with Gasteiger partial charge in [0.2, 0.25) is 0 Å². The molecule has 2 aromatic heterocycles. The van der Waals surface area contributed by atoms with Gasteiger partial charge in [0.05, 0.1) is 27.9 Å². The Morgan fingerprint density at radius 1 is 1.08 bits per heavy atom. The first-order chi connectivity index (χ1) is 22.9. The predicted molar refractivity (Wildman–Crippen MR) is 181 cm³/mol. The molecule has 11 heteroatoms. The first-order valence-corrected chi connectivity index (χ1v) is 17.7. The van der Waals surface area contributed by atoms with Gasteiger partial charge in [0, 0.05) is 68.7 Å². The van der Waals surface area contributed by atoms with E-state index < -0.39 is 22.7 Å². The van der Waals surface area contributed by atoms with E-state index in [2.05, 4.69) is 47.4 Å². The Morgan fingerprint density at radius 2 is 1.81 bits per heavy atom. The molecule has 5 heterocycles. The second kappa shape index (κ2) is 12.8. The van der Waals surface area contributed by atoms with Gasteiger partial charge < -0.3 is 19.3 Å². The second-order valence-corrected chi connectivity index (χ2v) is 15.3. The normalized spacial score (nSPS) is 26.1. The van der Waals surface area contributed by atoms with E-state index in [1.54, 1.807) is 17.1 Å². The van der Waals surface area contributed by atoms with Crippen molar-refractivity contribution in [1.82, 2.24) is 29.5 Å². The van der Waals surface area contributed by atoms with Crippen LogP contribution in [0.15, 0.2) is 42.9 Å². The molecule has 1 spiro atoms. The van der Waals surface area contributed by atoms with Crippen LogP contribution in [0.2, 0.25) is 5.02 Å². The molecule has 258 valence electrons. The fourth-order valence-electron chi connectivity index (χ4n) is 9.03. The molecule has 0 N–H and O–H groups in total. The monoisotopic (exact) mass is 680 g/mol. The minimum Gasteiger partial charge on any atom is -0.381 e. The quantitative estimate of drug-likeness (QED) is 0.267. The molecule has 3 aromatic rings. The molecule has 8 nitrogen and oxygen atoms in total. The SMILES string of the molecule is C=C([C@@H]1CC(N(C)C2CCOCC2)C[C@H]1c1ccc(F)cc1F)N1CCC2(CC1)OC(C(C)(C)c1ncnn1C)c1cc(Cl)c(C)nc12. The number of nitrogens with zero attached hydrogens (tertiary/aromatic N) is 6. The molecule has 4 atom stereocenters. The number of piperidine rings is 1. The zero-order valence-corrected chi connectivity index (χ0v) is 29.4. The molecular formula is C37H47ClF2N6O2. The van der Waals surface area contributed by atoms with Crippen molar-refractivity contribution in [3.05, 3.63) is 87.9 Å². The van der Waals surface area contributed by atoms with Crippen LogP contribution in [-0.2, 0) is 27.5 Å². The molecule has 3 aliphatic heterocycles. The smallest absolute Gasteiger partial charge is 0.138 e. The number of aromatic nitrogens is 4. The number of rotatable bonds is 7. The van der Waals surface area contributed by atoms with E-state index in [4.69, 9.17) is 26.1 Å². The van der Waals surface area contributed by atoms with Crippen LogP contribution in [0.3, 0.4) is 0 Å². The molecule has 48 heavy (non-hydrogen) atoms. The molecule has 2 saturated heterocycles. The molecule has 3 fully saturated rings. The Bertz CT molecular complexity index is 1680. The number of ether oxygens (including phenoxy) is 2. The highest BCUT2D eigenvalue weighted by molar-refractivity contribution is 6.31. The van der Waals surface area contributed by atoms with Crippen molar-refractivity contribution < 1.29 is 18.3 Å². The maximum atomic E-state index is 15.4. The van der Waals surface area contributed by atoms with Gasteiger partial charge in [-0.1, -0.05) is 24.2 Å². The van der Waals surface area contributed by atoms with Gasteiger partial charge in [-0.2, -0.15) is 5.10 Å². The van der Waals surface area contributed by atoms with Gasteiger partial charge in [-0.05, 0) is 90.0 Å². The van der Waals surface area contributed by atoms with Crippen molar-refractivity contribution in [2.75, 3.05) is 33.4 Å². The van der Waals surface area contributed by atoms with Gasteiger partial charge in [-0.15, -0.1) is 0 Å². The first-order valence-electron chi connectivity index (χ1n) is 17.3. The number of hydrogen-bond donors (Lipinski definition) is 0. The van der Waals surface area contributed by atoms with Gasteiger partial charge in [0.25, 0.3) is 0 Å². The van der Waals surface area contributed by atoms with Crippen molar-refractivity contribution in [2.45, 2.75) is 94.4 Å². The van der Waals surface area contributed by atoms with Crippen LogP contribution >= 0.6 is 11.6 Å². The number of pyridine rings is 1. The van der Waals surface area contributed by atoms with Crippen molar-refractivity contribution in [2.24, 2.45) is 13.0 Å². The third kappa shape index (κ3) is 5.76. The van der Waals surface area contributed by atoms with E-state index in [-0.39, 0.29) is 24.0 Å². The first kappa shape index (κ1) is 33.6. The summed E-state index contributed by atoms with van der Waals surface area (Å²) in [5, 5.41) is 4.96. The van der Waals surface area contributed by atoms with Gasteiger partial charge in [0.1, 0.15) is 29.4 Å². The van der Waals surface area contributed by atoms with Crippen molar-refractivity contribution in [3.8, 4) is 0 Å². The lowest BCUT2D eigenvalue weighted by molar-refractivity contribution is -0.130. The Hall–Kier alpha value is -2.92. The minimum atomic E-state index is -0.577. The number of allylic oxidation sites excluding steroid dienone is 1. The summed E-state index contributed by atoms with van der Waals surface area (Å²) in [4.78, 5) is 14.5. The average molecular weight is 681 g/mol. The summed E-state index contributed by atoms with van der Waals surface area (Å²) in [6, 6.07) is 6.77. The molecule has 0 bridgehead atoms. The van der Waals surface area contributed by atoms with Gasteiger partial charge >= 0.3 is 0 Å². The van der Waals surface area contributed by atoms with Crippen molar-refractivity contribution in [1.29, 1.82) is 0 Å². The van der Waals surface area contributed by atoms with E-state index in [1.807, 2.05) is 20.0 Å². The Morgan fingerprint density at radius 3 is 2.48 bits per heavy atom. The molecule has 4 aliphatic rings. The molecule has 1 saturated carbocycles. The standard InChI is InChI=1S/C37H47ClF2N6O2/c1-22-31(38)20-30-33(43-22)37(48-34(30)36(3,4)35-41-21-42-45(35)6)11-13-46(14-12-37)23(2)28-18-26(44(5)25-9-15-47-16-10-25)19-29(28)27-8-7-24(39)17-32(27)40/h7-8,17,20-21,25-26,28-29,34H,2,9-16,18-19H2,1,3-6H3/t26?,28-,29-,34?/m0/s1. The zero-order chi connectivity index (χ0) is 34.0. The van der Waals surface area contributed by atoms with E-state index in [0.29, 0.717) is 16.6 Å². The molecule has 1 aliphatic carbocycles. The lowest BCUT2D eigenvalue weighted by Crippen LogP contribution is -2.44. The fourth-order valence-corrected chi connectivity index (χ4v) is 9.19. The van der Waals surface area contributed by atoms with Crippen LogP contribution < -0.4 is 0 Å². The molecular weight excluding hydrogens is 634 g/mol. The molecule has 1 aromatic carbocycles. The predicted octanol–water partition coefficient (Wildman–Crippen LogP) is 6.98. The van der Waals surface area contributed by atoms with Gasteiger partial charge in [-0.3, -0.25) is 9.67 Å². The summed E-state index contributed by atoms with van der Waals surface area (Å²) in [5.41, 5.74) is 3.29. The largest absolute Gasteiger partial charge is 0.381 e. The molecule has 0 radical (unpaired) electrons. The Kier molecular flexibility index (Phi) is 8.92. The summed E-state index contributed by atoms with van der Waals surface area (Å²) in [6.07, 6.45) is 6.40. The topological polar surface area (TPSA) is 68.5 Å². The Labute approximate surface area is 287 Å².